The highest BCUT2D eigenvalue weighted by atomic mass is 32.2. The maximum Gasteiger partial charge on any atom is 0.293 e. The van der Waals surface area contributed by atoms with Crippen molar-refractivity contribution >= 4 is 21.4 Å². The second-order valence-electron chi connectivity index (χ2n) is 5.95. The Morgan fingerprint density at radius 2 is 1.95 bits per heavy atom. The third-order valence-electron chi connectivity index (χ3n) is 3.79. The Kier molecular flexibility index (Phi) is 4.95. The van der Waals surface area contributed by atoms with E-state index in [1.807, 2.05) is 27.7 Å². The van der Waals surface area contributed by atoms with Gasteiger partial charge in [0.05, 0.1) is 9.82 Å². The average molecular weight is 315 g/mol. The van der Waals surface area contributed by atoms with Crippen molar-refractivity contribution in [2.24, 2.45) is 11.3 Å². The summed E-state index contributed by atoms with van der Waals surface area (Å²) in [5.74, 6) is 0.279. The van der Waals surface area contributed by atoms with Crippen molar-refractivity contribution in [3.8, 4) is 0 Å². The predicted octanol–water partition coefficient (Wildman–Crippen LogP) is 2.14. The summed E-state index contributed by atoms with van der Waals surface area (Å²) >= 11 is 0. The number of rotatable bonds is 6. The van der Waals surface area contributed by atoms with Gasteiger partial charge in [-0.05, 0) is 23.5 Å². The predicted molar refractivity (Wildman–Crippen MR) is 81.3 cm³/mol. The van der Waals surface area contributed by atoms with Gasteiger partial charge in [0.15, 0.2) is 0 Å². The van der Waals surface area contributed by atoms with E-state index in [4.69, 9.17) is 5.73 Å². The molecule has 118 valence electrons. The van der Waals surface area contributed by atoms with E-state index in [0.29, 0.717) is 0 Å². The van der Waals surface area contributed by atoms with Crippen molar-refractivity contribution in [3.05, 3.63) is 28.3 Å². The van der Waals surface area contributed by atoms with E-state index in [9.17, 15) is 18.5 Å². The fourth-order valence-corrected chi connectivity index (χ4v) is 2.66. The van der Waals surface area contributed by atoms with E-state index < -0.39 is 20.6 Å². The number of nitro benzene ring substituents is 1. The zero-order valence-electron chi connectivity index (χ0n) is 12.6. The summed E-state index contributed by atoms with van der Waals surface area (Å²) in [6.45, 7) is 8.15. The monoisotopic (exact) mass is 315 g/mol. The first-order valence-electron chi connectivity index (χ1n) is 6.51. The van der Waals surface area contributed by atoms with Crippen LogP contribution in [0.2, 0.25) is 0 Å². The number of nitrogens with one attached hydrogen (secondary N) is 1. The van der Waals surface area contributed by atoms with Gasteiger partial charge in [0.25, 0.3) is 5.69 Å². The molecule has 0 bridgehead atoms. The molecule has 0 fully saturated rings. The van der Waals surface area contributed by atoms with Crippen LogP contribution in [-0.2, 0) is 10.0 Å². The molecular formula is C13H21N3O4S. The molecule has 0 aromatic heterocycles. The summed E-state index contributed by atoms with van der Waals surface area (Å²) in [6.07, 6.45) is 0. The van der Waals surface area contributed by atoms with Crippen LogP contribution in [0, 0.1) is 21.4 Å². The molecule has 7 nitrogen and oxygen atoms in total. The average Bonchev–Trinajstić information content (AvgIpc) is 2.36. The molecule has 0 radical (unpaired) electrons. The van der Waals surface area contributed by atoms with Crippen molar-refractivity contribution in [2.75, 3.05) is 12.3 Å². The third kappa shape index (κ3) is 4.15. The first-order valence-corrected chi connectivity index (χ1v) is 7.99. The molecule has 0 aliphatic carbocycles. The zero-order valence-corrected chi connectivity index (χ0v) is 13.4. The van der Waals surface area contributed by atoms with Gasteiger partial charge in [0, 0.05) is 12.6 Å². The van der Waals surface area contributed by atoms with Gasteiger partial charge in [-0.3, -0.25) is 10.1 Å². The Morgan fingerprint density at radius 1 is 1.38 bits per heavy atom. The van der Waals surface area contributed by atoms with Crippen molar-refractivity contribution < 1.29 is 13.3 Å². The second-order valence-corrected chi connectivity index (χ2v) is 7.71. The van der Waals surface area contributed by atoms with Crippen LogP contribution in [0.4, 0.5) is 11.4 Å². The van der Waals surface area contributed by atoms with E-state index in [-0.39, 0.29) is 28.5 Å². The van der Waals surface area contributed by atoms with E-state index in [0.717, 1.165) is 6.07 Å². The molecule has 0 saturated carbocycles. The van der Waals surface area contributed by atoms with Gasteiger partial charge >= 0.3 is 0 Å². The molecule has 0 atom stereocenters. The number of sulfonamides is 1. The molecule has 0 aliphatic heterocycles. The zero-order chi connectivity index (χ0) is 16.4. The van der Waals surface area contributed by atoms with Crippen LogP contribution in [-0.4, -0.2) is 19.9 Å². The molecule has 0 aliphatic rings. The summed E-state index contributed by atoms with van der Waals surface area (Å²) in [5, 5.41) is 10.8. The van der Waals surface area contributed by atoms with Crippen molar-refractivity contribution in [2.45, 2.75) is 32.6 Å². The van der Waals surface area contributed by atoms with Crippen LogP contribution < -0.4 is 10.5 Å². The molecule has 0 spiro atoms. The Hall–Kier alpha value is -1.67. The van der Waals surface area contributed by atoms with Gasteiger partial charge in [-0.15, -0.1) is 0 Å². The molecule has 1 aromatic rings. The van der Waals surface area contributed by atoms with Crippen molar-refractivity contribution in [1.29, 1.82) is 0 Å². The third-order valence-corrected chi connectivity index (χ3v) is 5.19. The molecule has 1 rings (SSSR count). The molecule has 8 heteroatoms. The fourth-order valence-electron chi connectivity index (χ4n) is 1.42. The van der Waals surface area contributed by atoms with Crippen LogP contribution in [0.3, 0.4) is 0 Å². The fraction of sp³-hybridized carbons (Fsp3) is 0.538. The number of nitrogens with two attached hydrogens (primary N) is 1. The van der Waals surface area contributed by atoms with Crippen LogP contribution >= 0.6 is 0 Å². The molecule has 0 saturated heterocycles. The lowest BCUT2D eigenvalue weighted by Gasteiger charge is -2.29. The normalized spacial score (nSPS) is 12.6. The molecule has 3 N–H and O–H groups in total. The van der Waals surface area contributed by atoms with Gasteiger partial charge in [0.2, 0.25) is 10.0 Å². The van der Waals surface area contributed by atoms with Crippen LogP contribution in [0.25, 0.3) is 0 Å². The molecule has 21 heavy (non-hydrogen) atoms. The number of anilines is 1. The molecule has 0 amide bonds. The minimum Gasteiger partial charge on any atom is -0.393 e. The summed E-state index contributed by atoms with van der Waals surface area (Å²) in [5.41, 5.74) is 4.75. The first kappa shape index (κ1) is 17.4. The van der Waals surface area contributed by atoms with Gasteiger partial charge in [-0.25, -0.2) is 13.1 Å². The smallest absolute Gasteiger partial charge is 0.293 e. The van der Waals surface area contributed by atoms with Gasteiger partial charge in [-0.1, -0.05) is 27.7 Å². The maximum atomic E-state index is 12.2. The minimum atomic E-state index is -3.81. The Morgan fingerprint density at radius 3 is 2.43 bits per heavy atom. The lowest BCUT2D eigenvalue weighted by Crippen LogP contribution is -2.36. The van der Waals surface area contributed by atoms with Gasteiger partial charge < -0.3 is 5.73 Å². The van der Waals surface area contributed by atoms with Crippen LogP contribution in [0.5, 0.6) is 0 Å². The largest absolute Gasteiger partial charge is 0.393 e. The number of nitro groups is 1. The number of nitrogen functional groups attached to an aromatic ring is 1. The second kappa shape index (κ2) is 5.98. The number of hydrogen-bond donors (Lipinski definition) is 2. The topological polar surface area (TPSA) is 115 Å². The number of benzene rings is 1. The molecule has 0 unspecified atom stereocenters. The summed E-state index contributed by atoms with van der Waals surface area (Å²) in [7, 11) is -3.81. The first-order chi connectivity index (χ1) is 9.47. The highest BCUT2D eigenvalue weighted by molar-refractivity contribution is 7.89. The van der Waals surface area contributed by atoms with Gasteiger partial charge in [0.1, 0.15) is 5.69 Å². The minimum absolute atomic E-state index is 0.0681. The summed E-state index contributed by atoms with van der Waals surface area (Å²) < 4.78 is 26.9. The summed E-state index contributed by atoms with van der Waals surface area (Å²) in [6, 6.07) is 3.45. The van der Waals surface area contributed by atoms with Gasteiger partial charge in [-0.2, -0.15) is 0 Å². The van der Waals surface area contributed by atoms with E-state index >= 15 is 0 Å². The standard InChI is InChI=1S/C13H21N3O4S/c1-9(2)13(3,4)8-15-21(19,20)10-5-6-11(14)12(7-10)16(17)18/h5-7,9,15H,8,14H2,1-4H3. The molecule has 0 heterocycles. The highest BCUT2D eigenvalue weighted by Gasteiger charge is 2.26. The lowest BCUT2D eigenvalue weighted by atomic mass is 9.81. The van der Waals surface area contributed by atoms with Crippen LogP contribution in [0.1, 0.15) is 27.7 Å². The molecular weight excluding hydrogens is 294 g/mol. The Balaban J connectivity index is 3.04. The number of hydrogen-bond acceptors (Lipinski definition) is 5. The quantitative estimate of drug-likeness (QED) is 0.474. The Labute approximate surface area is 124 Å². The maximum absolute atomic E-state index is 12.2. The van der Waals surface area contributed by atoms with Crippen molar-refractivity contribution in [3.63, 3.8) is 0 Å². The highest BCUT2D eigenvalue weighted by Crippen LogP contribution is 2.27. The number of nitrogens with zero attached hydrogens (tertiary/aromatic N) is 1. The molecule has 1 aromatic carbocycles. The SMILES string of the molecule is CC(C)C(C)(C)CNS(=O)(=O)c1ccc(N)c([N+](=O)[O-])c1. The Bertz CT molecular complexity index is 639. The van der Waals surface area contributed by atoms with Crippen LogP contribution in [0.15, 0.2) is 23.1 Å². The lowest BCUT2D eigenvalue weighted by molar-refractivity contribution is -0.384. The van der Waals surface area contributed by atoms with E-state index in [1.165, 1.54) is 12.1 Å². The summed E-state index contributed by atoms with van der Waals surface area (Å²) in [4.78, 5) is 9.95. The van der Waals surface area contributed by atoms with E-state index in [1.54, 1.807) is 0 Å². The van der Waals surface area contributed by atoms with Crippen molar-refractivity contribution in [1.82, 2.24) is 4.72 Å². The van der Waals surface area contributed by atoms with E-state index in [2.05, 4.69) is 4.72 Å².